The molecule has 1 aromatic heterocycles. The zero-order valence-corrected chi connectivity index (χ0v) is 11.1. The highest BCUT2D eigenvalue weighted by molar-refractivity contribution is 14.1. The molecule has 1 heterocycles. The summed E-state index contributed by atoms with van der Waals surface area (Å²) in [5.41, 5.74) is 1.95. The van der Waals surface area contributed by atoms with Crippen molar-refractivity contribution in [1.29, 1.82) is 0 Å². The molecule has 1 nitrogen and oxygen atoms in total. The molecule has 0 bridgehead atoms. The van der Waals surface area contributed by atoms with Gasteiger partial charge in [0.1, 0.15) is 5.82 Å². The van der Waals surface area contributed by atoms with E-state index < -0.39 is 0 Å². The second-order valence-corrected chi connectivity index (χ2v) is 5.01. The van der Waals surface area contributed by atoms with Crippen LogP contribution in [0.3, 0.4) is 0 Å². The number of para-hydroxylation sites is 1. The van der Waals surface area contributed by atoms with Crippen LogP contribution in [0.15, 0.2) is 54.7 Å². The molecule has 0 atom stereocenters. The van der Waals surface area contributed by atoms with Gasteiger partial charge in [-0.3, -0.25) is 0 Å². The van der Waals surface area contributed by atoms with Gasteiger partial charge in [-0.15, -0.1) is 0 Å². The van der Waals surface area contributed by atoms with Crippen molar-refractivity contribution in [3.05, 3.63) is 64.1 Å². The van der Waals surface area contributed by atoms with Gasteiger partial charge in [-0.2, -0.15) is 0 Å². The van der Waals surface area contributed by atoms with E-state index in [0.717, 1.165) is 20.2 Å². The van der Waals surface area contributed by atoms with Gasteiger partial charge in [0.15, 0.2) is 0 Å². The van der Waals surface area contributed by atoms with E-state index in [-0.39, 0.29) is 5.82 Å². The van der Waals surface area contributed by atoms with Crippen molar-refractivity contribution in [2.45, 2.75) is 0 Å². The molecule has 0 amide bonds. The molecule has 3 aromatic rings. The van der Waals surface area contributed by atoms with Crippen molar-refractivity contribution in [3.8, 4) is 5.69 Å². The lowest BCUT2D eigenvalue weighted by molar-refractivity contribution is 0.629. The number of hydrogen-bond donors (Lipinski definition) is 0. The second kappa shape index (κ2) is 4.14. The van der Waals surface area contributed by atoms with Crippen LogP contribution in [0.5, 0.6) is 0 Å². The number of rotatable bonds is 1. The van der Waals surface area contributed by atoms with Gasteiger partial charge < -0.3 is 4.57 Å². The number of benzene rings is 2. The van der Waals surface area contributed by atoms with E-state index >= 15 is 0 Å². The van der Waals surface area contributed by atoms with Gasteiger partial charge in [-0.05, 0) is 52.9 Å². The molecule has 0 radical (unpaired) electrons. The zero-order chi connectivity index (χ0) is 11.8. The first-order valence-corrected chi connectivity index (χ1v) is 6.35. The van der Waals surface area contributed by atoms with Crippen molar-refractivity contribution in [2.24, 2.45) is 0 Å². The predicted molar refractivity (Wildman–Crippen MR) is 76.0 cm³/mol. The minimum absolute atomic E-state index is 0.204. The van der Waals surface area contributed by atoms with Crippen LogP contribution in [0.4, 0.5) is 4.39 Å². The van der Waals surface area contributed by atoms with Crippen LogP contribution in [0.1, 0.15) is 0 Å². The normalized spacial score (nSPS) is 10.9. The van der Waals surface area contributed by atoms with Crippen molar-refractivity contribution >= 4 is 33.5 Å². The van der Waals surface area contributed by atoms with Gasteiger partial charge in [-0.1, -0.05) is 18.2 Å². The summed E-state index contributed by atoms with van der Waals surface area (Å²) in [6.45, 7) is 0. The number of aromatic nitrogens is 1. The molecule has 17 heavy (non-hydrogen) atoms. The van der Waals surface area contributed by atoms with Crippen molar-refractivity contribution in [1.82, 2.24) is 4.57 Å². The molecule has 0 saturated heterocycles. The van der Waals surface area contributed by atoms with E-state index in [9.17, 15) is 4.39 Å². The zero-order valence-electron chi connectivity index (χ0n) is 8.90. The van der Waals surface area contributed by atoms with Gasteiger partial charge in [0.05, 0.1) is 5.52 Å². The molecule has 0 saturated carbocycles. The van der Waals surface area contributed by atoms with Crippen molar-refractivity contribution < 1.29 is 4.39 Å². The Morgan fingerprint density at radius 2 is 1.76 bits per heavy atom. The van der Waals surface area contributed by atoms with Gasteiger partial charge in [0.25, 0.3) is 0 Å². The Balaban J connectivity index is 2.34. The maximum Gasteiger partial charge on any atom is 0.125 e. The van der Waals surface area contributed by atoms with Gasteiger partial charge >= 0.3 is 0 Å². The first-order valence-electron chi connectivity index (χ1n) is 5.27. The molecule has 0 unspecified atom stereocenters. The van der Waals surface area contributed by atoms with Gasteiger partial charge in [-0.25, -0.2) is 4.39 Å². The molecule has 0 spiro atoms. The van der Waals surface area contributed by atoms with Crippen LogP contribution in [0.25, 0.3) is 16.6 Å². The number of hydrogen-bond acceptors (Lipinski definition) is 0. The molecule has 2 aromatic carbocycles. The van der Waals surface area contributed by atoms with E-state index in [1.807, 2.05) is 47.2 Å². The van der Waals surface area contributed by atoms with Gasteiger partial charge in [0, 0.05) is 20.8 Å². The summed E-state index contributed by atoms with van der Waals surface area (Å²) < 4.78 is 16.5. The monoisotopic (exact) mass is 337 g/mol. The number of nitrogens with zero attached hydrogens (tertiary/aromatic N) is 1. The molecule has 0 aliphatic carbocycles. The summed E-state index contributed by atoms with van der Waals surface area (Å²) in [5.74, 6) is -0.204. The summed E-state index contributed by atoms with van der Waals surface area (Å²) in [4.78, 5) is 0. The highest BCUT2D eigenvalue weighted by Gasteiger charge is 2.08. The summed E-state index contributed by atoms with van der Waals surface area (Å²) in [6, 6.07) is 14.9. The fourth-order valence-corrected chi connectivity index (χ4v) is 2.70. The van der Waals surface area contributed by atoms with Crippen LogP contribution < -0.4 is 0 Å². The Kier molecular flexibility index (Phi) is 2.63. The Labute approximate surface area is 112 Å². The summed E-state index contributed by atoms with van der Waals surface area (Å²) in [6.07, 6.45) is 2.03. The van der Waals surface area contributed by atoms with Gasteiger partial charge in [0.2, 0.25) is 0 Å². The fraction of sp³-hybridized carbons (Fsp3) is 0. The molecule has 3 rings (SSSR count). The molecule has 3 heteroatoms. The van der Waals surface area contributed by atoms with Crippen molar-refractivity contribution in [3.63, 3.8) is 0 Å². The topological polar surface area (TPSA) is 4.93 Å². The largest absolute Gasteiger partial charge is 0.315 e. The molecule has 84 valence electrons. The summed E-state index contributed by atoms with van der Waals surface area (Å²) in [5, 5.41) is 1.08. The standard InChI is InChI=1S/C14H9FIN/c15-10-6-7-12-13(16)9-17(14(12)8-10)11-4-2-1-3-5-11/h1-9H. The highest BCUT2D eigenvalue weighted by atomic mass is 127. The Hall–Kier alpha value is -1.36. The van der Waals surface area contributed by atoms with Crippen LogP contribution in [-0.4, -0.2) is 4.57 Å². The van der Waals surface area contributed by atoms with E-state index in [4.69, 9.17) is 0 Å². The quantitative estimate of drug-likeness (QED) is 0.581. The summed E-state index contributed by atoms with van der Waals surface area (Å²) in [7, 11) is 0. The first-order chi connectivity index (χ1) is 8.25. The van der Waals surface area contributed by atoms with E-state index in [0.29, 0.717) is 0 Å². The molecule has 0 aliphatic heterocycles. The lowest BCUT2D eigenvalue weighted by Gasteiger charge is -2.04. The highest BCUT2D eigenvalue weighted by Crippen LogP contribution is 2.26. The summed E-state index contributed by atoms with van der Waals surface area (Å²) >= 11 is 2.27. The average molecular weight is 337 g/mol. The van der Waals surface area contributed by atoms with Crippen LogP contribution in [0.2, 0.25) is 0 Å². The maximum atomic E-state index is 13.3. The minimum atomic E-state index is -0.204. The average Bonchev–Trinajstić information content (AvgIpc) is 2.67. The van der Waals surface area contributed by atoms with Crippen molar-refractivity contribution in [2.75, 3.05) is 0 Å². The van der Waals surface area contributed by atoms with Crippen LogP contribution in [-0.2, 0) is 0 Å². The number of fused-ring (bicyclic) bond motifs is 1. The van der Waals surface area contributed by atoms with Crippen LogP contribution in [0, 0.1) is 9.39 Å². The SMILES string of the molecule is Fc1ccc2c(I)cn(-c3ccccc3)c2c1. The Morgan fingerprint density at radius 1 is 1.00 bits per heavy atom. The van der Waals surface area contributed by atoms with Crippen LogP contribution >= 0.6 is 22.6 Å². The fourth-order valence-electron chi connectivity index (χ4n) is 1.96. The molecule has 0 N–H and O–H groups in total. The predicted octanol–water partition coefficient (Wildman–Crippen LogP) is 4.37. The number of halogens is 2. The smallest absolute Gasteiger partial charge is 0.125 e. The minimum Gasteiger partial charge on any atom is -0.315 e. The molecular formula is C14H9FIN. The third-order valence-corrected chi connectivity index (χ3v) is 3.61. The molecular weight excluding hydrogens is 328 g/mol. The second-order valence-electron chi connectivity index (χ2n) is 3.84. The molecule has 0 fully saturated rings. The van der Waals surface area contributed by atoms with E-state index in [1.165, 1.54) is 6.07 Å². The third kappa shape index (κ3) is 1.84. The van der Waals surface area contributed by atoms with E-state index in [1.54, 1.807) is 6.07 Å². The Morgan fingerprint density at radius 3 is 2.53 bits per heavy atom. The molecule has 0 aliphatic rings. The maximum absolute atomic E-state index is 13.3. The first kappa shape index (κ1) is 10.8. The lowest BCUT2D eigenvalue weighted by Crippen LogP contribution is -1.91. The lowest BCUT2D eigenvalue weighted by atomic mass is 10.2. The Bertz CT molecular complexity index is 673. The van der Waals surface area contributed by atoms with E-state index in [2.05, 4.69) is 22.6 Å². The third-order valence-electron chi connectivity index (χ3n) is 2.75.